The number of aliphatic hydroxyl groups is 1. The second-order valence-electron chi connectivity index (χ2n) is 18.1. The second-order valence-corrected chi connectivity index (χ2v) is 20.6. The molecule has 6 aromatic carbocycles. The van der Waals surface area contributed by atoms with E-state index in [0.29, 0.717) is 57.4 Å². The highest BCUT2D eigenvalue weighted by Crippen LogP contribution is 2.25. The fourth-order valence-electron chi connectivity index (χ4n) is 8.10. The Morgan fingerprint density at radius 3 is 1.27 bits per heavy atom. The molecule has 19 nitrogen and oxygen atoms in total. The van der Waals surface area contributed by atoms with Gasteiger partial charge in [-0.05, 0) is 88.0 Å². The molecule has 3 aliphatic heterocycles. The molecule has 428 valence electrons. The van der Waals surface area contributed by atoms with Gasteiger partial charge in [-0.3, -0.25) is 49.8 Å². The first kappa shape index (κ1) is 65.1. The Labute approximate surface area is 493 Å². The quantitative estimate of drug-likeness (QED) is 0.0397. The van der Waals surface area contributed by atoms with E-state index in [1.165, 1.54) is 42.0 Å². The number of hydrogen-bond donors (Lipinski definition) is 3. The number of alkyl halides is 1. The van der Waals surface area contributed by atoms with Crippen molar-refractivity contribution in [3.05, 3.63) is 210 Å². The number of amides is 1. The molecule has 80 heavy (non-hydrogen) atoms. The van der Waals surface area contributed by atoms with Crippen molar-refractivity contribution in [3.8, 4) is 0 Å². The fraction of sp³-hybridized carbons (Fsp3) is 0.327. The molecule has 0 spiro atoms. The first-order chi connectivity index (χ1) is 38.3. The van der Waals surface area contributed by atoms with Crippen molar-refractivity contribution in [2.24, 2.45) is 0 Å². The molecular formula is C55H60Cl6N8O11. The summed E-state index contributed by atoms with van der Waals surface area (Å²) in [5, 5.41) is 45.3. The predicted molar refractivity (Wildman–Crippen MR) is 314 cm³/mol. The molecule has 4 N–H and O–H groups in total. The van der Waals surface area contributed by atoms with E-state index in [2.05, 4.69) is 20.0 Å². The molecule has 0 unspecified atom stereocenters. The number of non-ortho nitro benzene ring substituents is 3. The molecule has 3 aliphatic rings. The number of ether oxygens (including phenoxy) is 3. The zero-order valence-corrected chi connectivity index (χ0v) is 47.9. The van der Waals surface area contributed by atoms with Gasteiger partial charge in [-0.15, -0.1) is 11.6 Å². The van der Waals surface area contributed by atoms with Gasteiger partial charge in [0.2, 0.25) is 5.91 Å². The molecule has 0 atom stereocenters. The van der Waals surface area contributed by atoms with Gasteiger partial charge < -0.3 is 30.4 Å². The molecular weight excluding hydrogens is 1160 g/mol. The van der Waals surface area contributed by atoms with Gasteiger partial charge in [0.05, 0.1) is 67.4 Å². The molecule has 1 amide bonds. The summed E-state index contributed by atoms with van der Waals surface area (Å²) in [6, 6.07) is 34.1. The SMILES string of the molecule is Nc1cc(Cl)cc(CN2CCOCC2)c1.O=C(Cc1ccccc1)Nc1cc(Cl)cc(CN2CCOCC2)c1.O=[N+]([O-])c1cc(Cl)cc(CCl)c1.O=[N+]([O-])c1cc(Cl)cc(CN2CCOCC2)c1.O=[N+]([O-])c1cc(Cl)cc(CO)c1. The summed E-state index contributed by atoms with van der Waals surface area (Å²) in [7, 11) is 0. The molecule has 25 heteroatoms. The van der Waals surface area contributed by atoms with E-state index in [0.717, 1.165) is 107 Å². The number of aliphatic hydroxyl groups excluding tert-OH is 1. The number of benzene rings is 6. The molecule has 0 aromatic heterocycles. The van der Waals surface area contributed by atoms with E-state index in [9.17, 15) is 35.1 Å². The number of nitrogens with one attached hydrogen (secondary N) is 1. The minimum atomic E-state index is -0.551. The lowest BCUT2D eigenvalue weighted by atomic mass is 10.1. The Morgan fingerprint density at radius 2 is 0.863 bits per heavy atom. The highest BCUT2D eigenvalue weighted by molar-refractivity contribution is 6.32. The highest BCUT2D eigenvalue weighted by Gasteiger charge is 2.17. The lowest BCUT2D eigenvalue weighted by Crippen LogP contribution is -2.35. The number of nitro benzene ring substituents is 3. The van der Waals surface area contributed by atoms with E-state index in [-0.39, 0.29) is 40.5 Å². The lowest BCUT2D eigenvalue weighted by Gasteiger charge is -2.26. The van der Waals surface area contributed by atoms with Crippen LogP contribution in [0, 0.1) is 30.3 Å². The van der Waals surface area contributed by atoms with Crippen molar-refractivity contribution in [3.63, 3.8) is 0 Å². The Morgan fingerprint density at radius 1 is 0.500 bits per heavy atom. The van der Waals surface area contributed by atoms with Crippen molar-refractivity contribution in [2.45, 2.75) is 38.5 Å². The average Bonchev–Trinajstić information content (AvgIpc) is 3.43. The molecule has 0 aliphatic carbocycles. The lowest BCUT2D eigenvalue weighted by molar-refractivity contribution is -0.385. The summed E-state index contributed by atoms with van der Waals surface area (Å²) in [5.41, 5.74) is 12.3. The minimum Gasteiger partial charge on any atom is -0.399 e. The molecule has 9 rings (SSSR count). The molecule has 0 saturated carbocycles. The Kier molecular flexibility index (Phi) is 28.1. The van der Waals surface area contributed by atoms with Gasteiger partial charge in [-0.25, -0.2) is 0 Å². The van der Waals surface area contributed by atoms with Gasteiger partial charge in [-0.2, -0.15) is 0 Å². The van der Waals surface area contributed by atoms with E-state index >= 15 is 0 Å². The highest BCUT2D eigenvalue weighted by atomic mass is 35.5. The first-order valence-electron chi connectivity index (χ1n) is 24.9. The van der Waals surface area contributed by atoms with E-state index in [4.69, 9.17) is 94.7 Å². The summed E-state index contributed by atoms with van der Waals surface area (Å²) in [6.07, 6.45) is 0.353. The van der Waals surface area contributed by atoms with Crippen LogP contribution in [-0.4, -0.2) is 119 Å². The van der Waals surface area contributed by atoms with Gasteiger partial charge in [0.1, 0.15) is 0 Å². The number of morpholine rings is 3. The molecule has 6 aromatic rings. The maximum absolute atomic E-state index is 12.2. The number of hydrogen-bond acceptors (Lipinski definition) is 15. The number of carbonyl (C=O) groups excluding carboxylic acids is 1. The summed E-state index contributed by atoms with van der Waals surface area (Å²) in [5.74, 6) is 0.183. The minimum absolute atomic E-state index is 0.0295. The monoisotopic (exact) mass is 1220 g/mol. The van der Waals surface area contributed by atoms with Gasteiger partial charge in [-0.1, -0.05) is 88.3 Å². The van der Waals surface area contributed by atoms with Crippen molar-refractivity contribution in [2.75, 3.05) is 90.0 Å². The molecule has 3 heterocycles. The van der Waals surface area contributed by atoms with Gasteiger partial charge in [0, 0.05) is 138 Å². The Hall–Kier alpha value is -5.75. The summed E-state index contributed by atoms with van der Waals surface area (Å²) < 4.78 is 15.9. The predicted octanol–water partition coefficient (Wildman–Crippen LogP) is 11.9. The van der Waals surface area contributed by atoms with Gasteiger partial charge in [0.25, 0.3) is 17.1 Å². The second kappa shape index (κ2) is 34.5. The number of nitro groups is 3. The third kappa shape index (κ3) is 24.5. The Bertz CT molecular complexity index is 2890. The van der Waals surface area contributed by atoms with E-state index in [1.807, 2.05) is 54.6 Å². The summed E-state index contributed by atoms with van der Waals surface area (Å²) in [4.78, 5) is 48.9. The topological polar surface area (TPSA) is 242 Å². The number of carbonyl (C=O) groups is 1. The van der Waals surface area contributed by atoms with Crippen LogP contribution in [-0.2, 0) is 57.5 Å². The average molecular weight is 1220 g/mol. The van der Waals surface area contributed by atoms with Crippen LogP contribution in [0.4, 0.5) is 28.4 Å². The van der Waals surface area contributed by atoms with Crippen LogP contribution in [0.15, 0.2) is 121 Å². The largest absolute Gasteiger partial charge is 0.399 e. The van der Waals surface area contributed by atoms with Crippen LogP contribution in [0.25, 0.3) is 0 Å². The number of anilines is 2. The first-order valence-corrected chi connectivity index (χ1v) is 27.3. The maximum atomic E-state index is 12.2. The number of halogens is 6. The molecule has 3 saturated heterocycles. The van der Waals surface area contributed by atoms with Crippen LogP contribution in [0.3, 0.4) is 0 Å². The van der Waals surface area contributed by atoms with Gasteiger partial charge >= 0.3 is 0 Å². The molecule has 3 fully saturated rings. The number of nitrogen functional groups attached to an aromatic ring is 1. The Balaban J connectivity index is 0.000000189. The van der Waals surface area contributed by atoms with Crippen LogP contribution in [0.1, 0.15) is 33.4 Å². The number of nitrogens with zero attached hydrogens (tertiary/aromatic N) is 6. The fourth-order valence-corrected chi connectivity index (χ4v) is 9.53. The van der Waals surface area contributed by atoms with E-state index < -0.39 is 14.8 Å². The summed E-state index contributed by atoms with van der Waals surface area (Å²) in [6.45, 7) is 12.2. The van der Waals surface area contributed by atoms with E-state index in [1.54, 1.807) is 30.3 Å². The zero-order valence-electron chi connectivity index (χ0n) is 43.3. The van der Waals surface area contributed by atoms with Crippen molar-refractivity contribution >= 4 is 104 Å². The van der Waals surface area contributed by atoms with Crippen molar-refractivity contribution in [1.82, 2.24) is 14.7 Å². The normalized spacial score (nSPS) is 14.5. The van der Waals surface area contributed by atoms with Crippen LogP contribution < -0.4 is 11.1 Å². The standard InChI is InChI=1S/C19H21ClN2O2.C11H13ClN2O3.C11H15ClN2O.C7H5Cl2NO2.C7H6ClNO3/c20-17-10-16(14-22-6-8-24-9-7-22)11-18(13-17)21-19(23)12-15-4-2-1-3-5-15;12-10-5-9(6-11(7-10)14(15)16)8-13-1-3-17-4-2-13;12-10-5-9(6-11(13)7-10)8-14-1-3-15-4-2-14;8-4-5-1-6(9)3-7(2-5)10(11)12;8-6-1-5(4-10)2-7(3-6)9(11)12/h1-5,10-11,13H,6-9,12,14H2,(H,21,23);5-7H,1-4,8H2;5-7H,1-4,8,13H2;1-3H,4H2;1-3,10H,4H2. The summed E-state index contributed by atoms with van der Waals surface area (Å²) >= 11 is 34.7. The molecule has 0 bridgehead atoms. The number of rotatable bonds is 14. The van der Waals surface area contributed by atoms with Crippen LogP contribution in [0.2, 0.25) is 25.1 Å². The van der Waals surface area contributed by atoms with Crippen LogP contribution >= 0.6 is 69.6 Å². The molecule has 0 radical (unpaired) electrons. The van der Waals surface area contributed by atoms with Crippen molar-refractivity contribution < 1.29 is 38.9 Å². The number of nitrogens with two attached hydrogens (primary N) is 1. The maximum Gasteiger partial charge on any atom is 0.271 e. The van der Waals surface area contributed by atoms with Crippen LogP contribution in [0.5, 0.6) is 0 Å². The third-order valence-electron chi connectivity index (χ3n) is 11.8. The zero-order chi connectivity index (χ0) is 58.0. The smallest absolute Gasteiger partial charge is 0.271 e. The third-order valence-corrected chi connectivity index (χ3v) is 13.2. The van der Waals surface area contributed by atoms with Gasteiger partial charge in [0.15, 0.2) is 0 Å². The van der Waals surface area contributed by atoms with Crippen molar-refractivity contribution in [1.29, 1.82) is 0 Å².